The number of methoxy groups -OCH3 is 1. The molecule has 2 aromatic rings. The SMILES string of the molecule is COc1ccccc1CNC(=O)C[C@@H]1C[C@@H]2c3cc(NC(=O)CC4CC4)ccc3O[C@@H]2[C@H](CO)O1. The second-order valence-corrected chi connectivity index (χ2v) is 9.64. The van der Waals surface area contributed by atoms with E-state index in [0.717, 1.165) is 41.2 Å². The van der Waals surface area contributed by atoms with Gasteiger partial charge in [-0.05, 0) is 49.4 Å². The lowest BCUT2D eigenvalue weighted by molar-refractivity contribution is -0.142. The Morgan fingerprint density at radius 1 is 1.11 bits per heavy atom. The summed E-state index contributed by atoms with van der Waals surface area (Å²) in [6.45, 7) is 0.167. The molecule has 0 unspecified atom stereocenters. The van der Waals surface area contributed by atoms with Crippen molar-refractivity contribution in [2.75, 3.05) is 19.0 Å². The number of hydrogen-bond donors (Lipinski definition) is 3. The Labute approximate surface area is 205 Å². The molecule has 8 nitrogen and oxygen atoms in total. The minimum absolute atomic E-state index is 0.0248. The summed E-state index contributed by atoms with van der Waals surface area (Å²) < 4.78 is 17.5. The zero-order chi connectivity index (χ0) is 24.4. The fourth-order valence-corrected chi connectivity index (χ4v) is 5.08. The molecular weight excluding hydrogens is 448 g/mol. The largest absolute Gasteiger partial charge is 0.496 e. The molecule has 0 aromatic heterocycles. The number of benzene rings is 2. The Balaban J connectivity index is 1.23. The van der Waals surface area contributed by atoms with Crippen LogP contribution in [0.15, 0.2) is 42.5 Å². The maximum atomic E-state index is 12.7. The molecule has 2 amide bonds. The number of aliphatic hydroxyl groups is 1. The van der Waals surface area contributed by atoms with Gasteiger partial charge in [0.05, 0.1) is 26.2 Å². The molecule has 3 N–H and O–H groups in total. The number of para-hydroxylation sites is 1. The van der Waals surface area contributed by atoms with Gasteiger partial charge in [-0.25, -0.2) is 0 Å². The van der Waals surface area contributed by atoms with Crippen LogP contribution in [-0.4, -0.2) is 48.9 Å². The van der Waals surface area contributed by atoms with Gasteiger partial charge >= 0.3 is 0 Å². The van der Waals surface area contributed by atoms with E-state index in [1.54, 1.807) is 7.11 Å². The summed E-state index contributed by atoms with van der Waals surface area (Å²) in [5.74, 6) is 1.87. The van der Waals surface area contributed by atoms with Gasteiger partial charge in [-0.3, -0.25) is 9.59 Å². The third-order valence-electron chi connectivity index (χ3n) is 7.04. The van der Waals surface area contributed by atoms with Gasteiger partial charge in [-0.15, -0.1) is 0 Å². The van der Waals surface area contributed by atoms with Crippen LogP contribution in [0.3, 0.4) is 0 Å². The monoisotopic (exact) mass is 480 g/mol. The van der Waals surface area contributed by atoms with Gasteiger partial charge in [0.2, 0.25) is 11.8 Å². The van der Waals surface area contributed by atoms with Gasteiger partial charge in [-0.1, -0.05) is 18.2 Å². The Morgan fingerprint density at radius 2 is 1.94 bits per heavy atom. The van der Waals surface area contributed by atoms with Crippen molar-refractivity contribution in [2.24, 2.45) is 5.92 Å². The summed E-state index contributed by atoms with van der Waals surface area (Å²) >= 11 is 0. The van der Waals surface area contributed by atoms with Gasteiger partial charge in [0, 0.05) is 35.7 Å². The van der Waals surface area contributed by atoms with E-state index >= 15 is 0 Å². The van der Waals surface area contributed by atoms with Crippen LogP contribution in [0, 0.1) is 5.92 Å². The first-order valence-electron chi connectivity index (χ1n) is 12.3. The molecule has 5 rings (SSSR count). The predicted molar refractivity (Wildman–Crippen MR) is 129 cm³/mol. The van der Waals surface area contributed by atoms with E-state index in [-0.39, 0.29) is 43.0 Å². The third kappa shape index (κ3) is 5.44. The van der Waals surface area contributed by atoms with E-state index in [9.17, 15) is 14.7 Å². The molecule has 4 atom stereocenters. The van der Waals surface area contributed by atoms with Crippen molar-refractivity contribution in [2.45, 2.75) is 62.9 Å². The molecule has 0 spiro atoms. The lowest BCUT2D eigenvalue weighted by Gasteiger charge is -2.37. The molecule has 0 bridgehead atoms. The first-order chi connectivity index (χ1) is 17.0. The summed E-state index contributed by atoms with van der Waals surface area (Å²) in [6, 6.07) is 13.2. The number of nitrogens with one attached hydrogen (secondary N) is 2. The highest BCUT2D eigenvalue weighted by Crippen LogP contribution is 2.47. The number of amides is 2. The van der Waals surface area contributed by atoms with Crippen molar-refractivity contribution in [1.82, 2.24) is 5.32 Å². The summed E-state index contributed by atoms with van der Waals surface area (Å²) in [7, 11) is 1.60. The first kappa shape index (κ1) is 23.6. The van der Waals surface area contributed by atoms with Crippen molar-refractivity contribution in [3.63, 3.8) is 0 Å². The maximum absolute atomic E-state index is 12.7. The first-order valence-corrected chi connectivity index (χ1v) is 12.3. The number of anilines is 1. The van der Waals surface area contributed by atoms with Gasteiger partial charge in [0.1, 0.15) is 23.7 Å². The van der Waals surface area contributed by atoms with Crippen LogP contribution in [0.5, 0.6) is 11.5 Å². The smallest absolute Gasteiger partial charge is 0.224 e. The Morgan fingerprint density at radius 3 is 2.71 bits per heavy atom. The number of carbonyl (C=O) groups is 2. The summed E-state index contributed by atoms with van der Waals surface area (Å²) in [5.41, 5.74) is 2.63. The standard InChI is InChI=1S/C27H32N2O6/c1-33-22-5-3-2-4-17(22)14-28-25(31)13-19-12-21-20-11-18(29-26(32)10-16-6-7-16)8-9-23(20)35-27(21)24(15-30)34-19/h2-5,8-9,11,16,19,21,24,27,30H,6-7,10,12-15H2,1H3,(H,28,31)(H,29,32)/t19-,21+,24-,27-/m0/s1. The van der Waals surface area contributed by atoms with Gasteiger partial charge < -0.3 is 30.0 Å². The number of hydrogen-bond acceptors (Lipinski definition) is 6. The number of rotatable bonds is 9. The van der Waals surface area contributed by atoms with Crippen LogP contribution < -0.4 is 20.1 Å². The zero-order valence-electron chi connectivity index (χ0n) is 19.9. The minimum atomic E-state index is -0.527. The molecule has 35 heavy (non-hydrogen) atoms. The molecule has 1 aliphatic carbocycles. The van der Waals surface area contributed by atoms with Crippen molar-refractivity contribution in [3.8, 4) is 11.5 Å². The van der Waals surface area contributed by atoms with E-state index in [1.165, 1.54) is 0 Å². The van der Waals surface area contributed by atoms with E-state index in [0.29, 0.717) is 25.3 Å². The molecule has 2 fully saturated rings. The van der Waals surface area contributed by atoms with Crippen LogP contribution in [0.1, 0.15) is 49.1 Å². The van der Waals surface area contributed by atoms with E-state index < -0.39 is 6.10 Å². The average molecular weight is 481 g/mol. The van der Waals surface area contributed by atoms with Gasteiger partial charge in [0.15, 0.2) is 0 Å². The highest BCUT2D eigenvalue weighted by molar-refractivity contribution is 5.91. The lowest BCUT2D eigenvalue weighted by atomic mass is 9.84. The Kier molecular flexibility index (Phi) is 6.92. The normalized spacial score (nSPS) is 24.6. The van der Waals surface area contributed by atoms with Crippen molar-refractivity contribution in [3.05, 3.63) is 53.6 Å². The molecule has 1 saturated carbocycles. The summed E-state index contributed by atoms with van der Waals surface area (Å²) in [4.78, 5) is 25.0. The quantitative estimate of drug-likeness (QED) is 0.509. The molecule has 2 heterocycles. The molecule has 0 radical (unpaired) electrons. The van der Waals surface area contributed by atoms with Gasteiger partial charge in [-0.2, -0.15) is 0 Å². The van der Waals surface area contributed by atoms with Crippen LogP contribution in [0.25, 0.3) is 0 Å². The number of carbonyl (C=O) groups excluding carboxylic acids is 2. The molecule has 186 valence electrons. The van der Waals surface area contributed by atoms with Crippen molar-refractivity contribution >= 4 is 17.5 Å². The van der Waals surface area contributed by atoms with Crippen molar-refractivity contribution < 1.29 is 28.9 Å². The van der Waals surface area contributed by atoms with E-state index in [1.807, 2.05) is 42.5 Å². The molecule has 1 saturated heterocycles. The molecule has 3 aliphatic rings. The Hall–Kier alpha value is -3.10. The highest BCUT2D eigenvalue weighted by atomic mass is 16.6. The third-order valence-corrected chi connectivity index (χ3v) is 7.04. The van der Waals surface area contributed by atoms with Crippen molar-refractivity contribution in [1.29, 1.82) is 0 Å². The predicted octanol–water partition coefficient (Wildman–Crippen LogP) is 3.13. The lowest BCUT2D eigenvalue weighted by Crippen LogP contribution is -2.47. The second kappa shape index (κ2) is 10.3. The van der Waals surface area contributed by atoms with E-state index in [4.69, 9.17) is 14.2 Å². The number of ether oxygens (including phenoxy) is 3. The second-order valence-electron chi connectivity index (χ2n) is 9.64. The van der Waals surface area contributed by atoms with Crippen LogP contribution in [0.2, 0.25) is 0 Å². The van der Waals surface area contributed by atoms with Crippen LogP contribution >= 0.6 is 0 Å². The van der Waals surface area contributed by atoms with Crippen LogP contribution in [0.4, 0.5) is 5.69 Å². The topological polar surface area (TPSA) is 106 Å². The zero-order valence-corrected chi connectivity index (χ0v) is 19.9. The molecule has 2 aliphatic heterocycles. The average Bonchev–Trinajstić information content (AvgIpc) is 3.60. The van der Waals surface area contributed by atoms with E-state index in [2.05, 4.69) is 10.6 Å². The summed E-state index contributed by atoms with van der Waals surface area (Å²) in [5, 5.41) is 15.9. The minimum Gasteiger partial charge on any atom is -0.496 e. The molecular formula is C27H32N2O6. The van der Waals surface area contributed by atoms with Gasteiger partial charge in [0.25, 0.3) is 0 Å². The Bertz CT molecular complexity index is 1090. The molecule has 8 heteroatoms. The number of fused-ring (bicyclic) bond motifs is 3. The fourth-order valence-electron chi connectivity index (χ4n) is 5.08. The fraction of sp³-hybridized carbons (Fsp3) is 0.481. The van der Waals surface area contributed by atoms with Crippen LogP contribution in [-0.2, 0) is 20.9 Å². The number of aliphatic hydroxyl groups excluding tert-OH is 1. The summed E-state index contributed by atoms with van der Waals surface area (Å²) in [6.07, 6.45) is 2.40. The maximum Gasteiger partial charge on any atom is 0.224 e. The molecule has 2 aromatic carbocycles. The highest BCUT2D eigenvalue weighted by Gasteiger charge is 2.46.